The van der Waals surface area contributed by atoms with E-state index in [1.807, 2.05) is 0 Å². The lowest BCUT2D eigenvalue weighted by molar-refractivity contribution is -0.143. The van der Waals surface area contributed by atoms with Crippen molar-refractivity contribution >= 4 is 16.7 Å². The molecule has 3 heteroatoms. The van der Waals surface area contributed by atoms with Gasteiger partial charge in [0, 0.05) is 6.04 Å². The Balaban J connectivity index is 1.41. The van der Waals surface area contributed by atoms with Crippen LogP contribution in [0.2, 0.25) is 0 Å². The van der Waals surface area contributed by atoms with Crippen LogP contribution in [0.5, 0.6) is 0 Å². The predicted molar refractivity (Wildman–Crippen MR) is 138 cm³/mol. The van der Waals surface area contributed by atoms with Gasteiger partial charge in [0.1, 0.15) is 0 Å². The number of carboxylic acid groups (broad SMARTS) is 1. The normalized spacial score (nSPS) is 24.1. The molecule has 0 radical (unpaired) electrons. The van der Waals surface area contributed by atoms with Gasteiger partial charge in [-0.1, -0.05) is 58.0 Å². The Labute approximate surface area is 200 Å². The first kappa shape index (κ1) is 24.3. The van der Waals surface area contributed by atoms with E-state index in [0.29, 0.717) is 11.5 Å². The van der Waals surface area contributed by atoms with Gasteiger partial charge in [-0.15, -0.1) is 0 Å². The highest BCUT2D eigenvalue weighted by atomic mass is 16.4. The molecule has 1 saturated heterocycles. The van der Waals surface area contributed by atoms with Crippen LogP contribution < -0.4 is 0 Å². The van der Waals surface area contributed by atoms with Crippen LogP contribution in [0.4, 0.5) is 0 Å². The van der Waals surface area contributed by atoms with Crippen molar-refractivity contribution in [1.82, 2.24) is 4.90 Å². The first-order valence-electron chi connectivity index (χ1n) is 13.2. The molecule has 4 rings (SSSR count). The maximum absolute atomic E-state index is 11.3. The summed E-state index contributed by atoms with van der Waals surface area (Å²) in [6, 6.07) is 14.4. The maximum Gasteiger partial charge on any atom is 0.306 e. The van der Waals surface area contributed by atoms with Gasteiger partial charge in [0.25, 0.3) is 0 Å². The van der Waals surface area contributed by atoms with E-state index >= 15 is 0 Å². The molecule has 2 aliphatic rings. The number of fused-ring (bicyclic) bond motifs is 1. The lowest BCUT2D eigenvalue weighted by Crippen LogP contribution is -2.38. The zero-order valence-electron chi connectivity index (χ0n) is 21.1. The number of hydrogen-bond acceptors (Lipinski definition) is 2. The molecule has 1 unspecified atom stereocenters. The summed E-state index contributed by atoms with van der Waals surface area (Å²) in [7, 11) is 0. The van der Waals surface area contributed by atoms with Crippen LogP contribution in [-0.4, -0.2) is 29.1 Å². The van der Waals surface area contributed by atoms with E-state index in [2.05, 4.69) is 69.0 Å². The Bertz CT molecular complexity index is 943. The van der Waals surface area contributed by atoms with Gasteiger partial charge in [0.2, 0.25) is 0 Å². The molecule has 180 valence electrons. The van der Waals surface area contributed by atoms with Crippen LogP contribution in [0.15, 0.2) is 36.4 Å². The third-order valence-electron chi connectivity index (χ3n) is 8.62. The summed E-state index contributed by atoms with van der Waals surface area (Å²) in [5.41, 5.74) is 3.30. The van der Waals surface area contributed by atoms with E-state index in [-0.39, 0.29) is 5.92 Å². The Morgan fingerprint density at radius 2 is 1.61 bits per heavy atom. The monoisotopic (exact) mass is 449 g/mol. The first-order valence-corrected chi connectivity index (χ1v) is 13.2. The number of benzene rings is 2. The second-order valence-electron chi connectivity index (χ2n) is 11.8. The minimum Gasteiger partial charge on any atom is -0.481 e. The highest BCUT2D eigenvalue weighted by molar-refractivity contribution is 5.84. The average molecular weight is 450 g/mol. The number of piperidine rings is 1. The number of hydrogen-bond donors (Lipinski definition) is 1. The van der Waals surface area contributed by atoms with Gasteiger partial charge in [-0.25, -0.2) is 0 Å². The quantitative estimate of drug-likeness (QED) is 0.497. The average Bonchev–Trinajstić information content (AvgIpc) is 2.80. The molecule has 0 spiro atoms. The van der Waals surface area contributed by atoms with Crippen molar-refractivity contribution in [3.63, 3.8) is 0 Å². The summed E-state index contributed by atoms with van der Waals surface area (Å²) in [6.07, 6.45) is 9.30. The van der Waals surface area contributed by atoms with Gasteiger partial charge < -0.3 is 5.11 Å². The first-order chi connectivity index (χ1) is 15.7. The number of aliphatic carboxylic acids is 1. The van der Waals surface area contributed by atoms with Gasteiger partial charge in [-0.3, -0.25) is 9.69 Å². The van der Waals surface area contributed by atoms with E-state index in [0.717, 1.165) is 44.2 Å². The minimum atomic E-state index is -0.633. The molecule has 2 aromatic rings. The zero-order valence-corrected chi connectivity index (χ0v) is 21.1. The number of nitrogens with zero attached hydrogens (tertiary/aromatic N) is 1. The summed E-state index contributed by atoms with van der Waals surface area (Å²) in [5.74, 6) is 0.910. The minimum absolute atomic E-state index is 0.169. The summed E-state index contributed by atoms with van der Waals surface area (Å²) in [5, 5.41) is 12.0. The van der Waals surface area contributed by atoms with Gasteiger partial charge in [0.15, 0.2) is 0 Å². The molecule has 0 amide bonds. The number of likely N-dealkylation sites (tertiary alicyclic amines) is 1. The second kappa shape index (κ2) is 10.2. The largest absolute Gasteiger partial charge is 0.481 e. The molecule has 0 aromatic heterocycles. The van der Waals surface area contributed by atoms with Crippen molar-refractivity contribution in [1.29, 1.82) is 0 Å². The molecule has 2 aromatic carbocycles. The lowest BCUT2D eigenvalue weighted by Gasteiger charge is -2.37. The Morgan fingerprint density at radius 1 is 0.970 bits per heavy atom. The molecular weight excluding hydrogens is 406 g/mol. The summed E-state index contributed by atoms with van der Waals surface area (Å²) in [4.78, 5) is 13.8. The van der Waals surface area contributed by atoms with Crippen LogP contribution in [0.3, 0.4) is 0 Å². The third kappa shape index (κ3) is 5.80. The molecule has 1 saturated carbocycles. The van der Waals surface area contributed by atoms with Crippen molar-refractivity contribution in [2.45, 2.75) is 85.1 Å². The highest BCUT2D eigenvalue weighted by Gasteiger charge is 2.30. The van der Waals surface area contributed by atoms with E-state index in [1.165, 1.54) is 54.0 Å². The van der Waals surface area contributed by atoms with Crippen molar-refractivity contribution in [3.05, 3.63) is 47.5 Å². The smallest absolute Gasteiger partial charge is 0.306 e. The Hall–Kier alpha value is -1.87. The third-order valence-corrected chi connectivity index (χ3v) is 8.62. The van der Waals surface area contributed by atoms with Crippen molar-refractivity contribution in [2.24, 2.45) is 23.2 Å². The highest BCUT2D eigenvalue weighted by Crippen LogP contribution is 2.41. The van der Waals surface area contributed by atoms with E-state index in [4.69, 9.17) is 0 Å². The fraction of sp³-hybridized carbons (Fsp3) is 0.633. The molecule has 3 nitrogen and oxygen atoms in total. The van der Waals surface area contributed by atoms with Crippen LogP contribution >= 0.6 is 0 Å². The summed E-state index contributed by atoms with van der Waals surface area (Å²) >= 11 is 0. The van der Waals surface area contributed by atoms with Crippen molar-refractivity contribution in [3.8, 4) is 0 Å². The molecule has 1 aliphatic carbocycles. The summed E-state index contributed by atoms with van der Waals surface area (Å²) < 4.78 is 0. The van der Waals surface area contributed by atoms with Crippen LogP contribution in [0.1, 0.15) is 89.8 Å². The standard InChI is InChI=1S/C30H43NO2/c1-5-28(31-16-14-23(15-17-31)29(32)33)26-11-10-24-19-22(6-9-25(24)20-26)18-21-7-12-27(13-8-21)30(2,3)4/h6,9-11,19-21,23,27-28H,5,7-8,12-18H2,1-4H3,(H,32,33). The van der Waals surface area contributed by atoms with Crippen molar-refractivity contribution < 1.29 is 9.90 Å². The van der Waals surface area contributed by atoms with Crippen LogP contribution in [0, 0.1) is 23.2 Å². The molecule has 1 aliphatic heterocycles. The van der Waals surface area contributed by atoms with Gasteiger partial charge in [0.05, 0.1) is 5.92 Å². The second-order valence-corrected chi connectivity index (χ2v) is 11.8. The number of carboxylic acids is 1. The fourth-order valence-electron chi connectivity index (χ4n) is 6.38. The predicted octanol–water partition coefficient (Wildman–Crippen LogP) is 7.48. The molecule has 33 heavy (non-hydrogen) atoms. The van der Waals surface area contributed by atoms with Gasteiger partial charge in [-0.05, 0) is 110 Å². The van der Waals surface area contributed by atoms with Gasteiger partial charge >= 0.3 is 5.97 Å². The Morgan fingerprint density at radius 3 is 2.21 bits per heavy atom. The van der Waals surface area contributed by atoms with E-state index < -0.39 is 5.97 Å². The maximum atomic E-state index is 11.3. The number of carbonyl (C=O) groups is 1. The SMILES string of the molecule is CCC(c1ccc2cc(CC3CCC(C(C)(C)C)CC3)ccc2c1)N1CCC(C(=O)O)CC1. The molecule has 2 fully saturated rings. The molecule has 1 atom stereocenters. The van der Waals surface area contributed by atoms with Crippen molar-refractivity contribution in [2.75, 3.05) is 13.1 Å². The molecule has 1 heterocycles. The fourth-order valence-corrected chi connectivity index (χ4v) is 6.38. The zero-order chi connectivity index (χ0) is 23.6. The summed E-state index contributed by atoms with van der Waals surface area (Å²) in [6.45, 7) is 11.2. The molecule has 1 N–H and O–H groups in total. The van der Waals surface area contributed by atoms with Gasteiger partial charge in [-0.2, -0.15) is 0 Å². The number of rotatable bonds is 6. The molecule has 0 bridgehead atoms. The Kier molecular flexibility index (Phi) is 7.48. The van der Waals surface area contributed by atoms with E-state index in [9.17, 15) is 9.90 Å². The van der Waals surface area contributed by atoms with Crippen LogP contribution in [-0.2, 0) is 11.2 Å². The van der Waals surface area contributed by atoms with Crippen LogP contribution in [0.25, 0.3) is 10.8 Å². The lowest BCUT2D eigenvalue weighted by atomic mass is 9.69. The molecular formula is C30H43NO2. The van der Waals surface area contributed by atoms with E-state index in [1.54, 1.807) is 0 Å². The topological polar surface area (TPSA) is 40.5 Å².